The van der Waals surface area contributed by atoms with E-state index in [4.69, 9.17) is 9.47 Å². The fraction of sp³-hybridized carbons (Fsp3) is 0.821. The molecule has 4 aliphatic carbocycles. The van der Waals surface area contributed by atoms with E-state index in [1.165, 1.54) is 76.0 Å². The minimum atomic E-state index is -4.56. The van der Waals surface area contributed by atoms with Crippen molar-refractivity contribution in [2.24, 2.45) is 46.8 Å². The maximum Gasteiger partial charge on any atom is 0.394 e. The second kappa shape index (κ2) is 38.6. The summed E-state index contributed by atoms with van der Waals surface area (Å²) in [7, 11) is 10.9. The number of ether oxygens (including phenoxy) is 2. The quantitative estimate of drug-likeness (QED) is 0.0872. The highest BCUT2D eigenvalue weighted by molar-refractivity contribution is 6.01. The van der Waals surface area contributed by atoms with Crippen LogP contribution in [-0.4, -0.2) is 290 Å². The molecular formula is C78H124F6N12O14. The molecule has 110 heavy (non-hydrogen) atoms. The SMILES string of the molecule is CCCOC[C@H]1C(=O)N[C@@H]([C@@H](C)CC)C(=O)N(C)CC(=O)N(C)[C@H]2C/C=C\CCN(C2=O)[C@@H](CC2CCC(C(F)(F)F)CC2)C(=O)N(C)CC(=O)N[C@@H](CCC2CCC(C(F)(F)F)C(OC)C2)C(=O)N2C[C@@H](C)C[C@H]2C(=O)NC2(CC(C)(C)C2)C(=O)N(C)[C@@H](C2CCCC2)C(=O)N(C)[C@H](C(=O)N(C)CC)CC(=O)N1C. The largest absolute Gasteiger partial charge is 0.394 e. The summed E-state index contributed by atoms with van der Waals surface area (Å²) < 4.78 is 96.8. The lowest BCUT2D eigenvalue weighted by atomic mass is 9.58. The molecule has 3 unspecified atom stereocenters. The van der Waals surface area contributed by atoms with Gasteiger partial charge >= 0.3 is 12.4 Å². The standard InChI is InChI=1S/C78H124F6N12O14/c1-16-36-110-44-59-66(100)86-64(48(5)17-2)72(106)90(10)43-63(99)91(11)55-26-20-19-23-35-95(71(55)105)58(38-49-27-31-52(32-28-49)77(79,80)81)70(104)89(9)42-61(97)85-54(34-30-50-29-33-53(78(82,83)84)60(39-50)109-15)68(102)96-41-47(4)37-56(96)67(101)87-76(45-75(6,7)46-76)74(108)94(14)65(51-24-21-22-25-51)73(107)93(13)57(40-62(98)92(59)12)69(103)88(8)18-3/h19-20,47-60,64-65H,16-18,21-46H2,1-15H3,(H,85,97)(H,86,100)(H,87,101)/b20-19-/t47-,48-,49?,50?,52?,53?,54-,55-,56-,57-,58-,59-,60?,64-,65-/m0/s1. The fourth-order valence-electron chi connectivity index (χ4n) is 18.0. The van der Waals surface area contributed by atoms with Gasteiger partial charge in [-0.05, 0) is 158 Å². The van der Waals surface area contributed by atoms with Crippen LogP contribution >= 0.6 is 0 Å². The molecule has 32 heteroatoms. The van der Waals surface area contributed by atoms with Gasteiger partial charge in [0.15, 0.2) is 0 Å². The topological polar surface area (TPSA) is 289 Å². The van der Waals surface area contributed by atoms with Gasteiger partial charge in [0, 0.05) is 82.7 Å². The van der Waals surface area contributed by atoms with Crippen molar-refractivity contribution in [1.29, 1.82) is 0 Å². The molecule has 1 spiro atoms. The van der Waals surface area contributed by atoms with Gasteiger partial charge in [-0.1, -0.05) is 73.0 Å². The maximum atomic E-state index is 15.8. The monoisotopic (exact) mass is 1570 g/mol. The molecular weight excluding hydrogens is 1440 g/mol. The average molecular weight is 1570 g/mol. The van der Waals surface area contributed by atoms with E-state index in [9.17, 15) is 50.3 Å². The number of alkyl halides is 6. The lowest BCUT2D eigenvalue weighted by molar-refractivity contribution is -0.215. The van der Waals surface area contributed by atoms with Crippen molar-refractivity contribution in [1.82, 2.24) is 60.0 Å². The Balaban J connectivity index is 1.33. The zero-order valence-corrected chi connectivity index (χ0v) is 67.4. The molecule has 0 aromatic carbocycles. The molecule has 0 aromatic heterocycles. The van der Waals surface area contributed by atoms with Crippen LogP contribution < -0.4 is 16.0 Å². The van der Waals surface area contributed by atoms with Crippen LogP contribution in [-0.2, 0) is 67.0 Å². The third-order valence-electron chi connectivity index (χ3n) is 24.8. The predicted octanol–water partition coefficient (Wildman–Crippen LogP) is 6.72. The second-order valence-corrected chi connectivity index (χ2v) is 33.6. The highest BCUT2D eigenvalue weighted by Crippen LogP contribution is 2.50. The summed E-state index contributed by atoms with van der Waals surface area (Å²) in [4.78, 5) is 193. The lowest BCUT2D eigenvalue weighted by Gasteiger charge is -2.54. The average Bonchev–Trinajstić information content (AvgIpc) is 1.07. The summed E-state index contributed by atoms with van der Waals surface area (Å²) in [5, 5.41) is 8.70. The Morgan fingerprint density at radius 1 is 0.673 bits per heavy atom. The molecule has 0 radical (unpaired) electrons. The summed E-state index contributed by atoms with van der Waals surface area (Å²) in [6.07, 6.45) is -4.69. The number of halogens is 6. The molecule has 2 bridgehead atoms. The number of likely N-dealkylation sites (N-methyl/N-ethyl adjacent to an activating group) is 7. The fourth-order valence-corrected chi connectivity index (χ4v) is 18.0. The maximum absolute atomic E-state index is 15.8. The van der Waals surface area contributed by atoms with Gasteiger partial charge in [-0.3, -0.25) is 57.5 Å². The third kappa shape index (κ3) is 22.0. The number of rotatable bonds is 15. The number of fused-ring (bicyclic) bond motifs is 3. The van der Waals surface area contributed by atoms with E-state index in [-0.39, 0.29) is 135 Å². The summed E-state index contributed by atoms with van der Waals surface area (Å²) in [5.41, 5.74) is -2.21. The Morgan fingerprint density at radius 3 is 1.90 bits per heavy atom. The zero-order chi connectivity index (χ0) is 81.8. The second-order valence-electron chi connectivity index (χ2n) is 33.6. The molecule has 622 valence electrons. The Morgan fingerprint density at radius 2 is 1.31 bits per heavy atom. The van der Waals surface area contributed by atoms with Crippen LogP contribution in [0.15, 0.2) is 12.2 Å². The Labute approximate surface area is 645 Å². The third-order valence-corrected chi connectivity index (χ3v) is 24.8. The van der Waals surface area contributed by atoms with Crippen LogP contribution in [0.25, 0.3) is 0 Å². The smallest absolute Gasteiger partial charge is 0.381 e. The van der Waals surface area contributed by atoms with Crippen LogP contribution in [0.3, 0.4) is 0 Å². The minimum absolute atomic E-state index is 0.0200. The molecule has 26 nitrogen and oxygen atoms in total. The number of carbonyl (C=O) groups is 12. The van der Waals surface area contributed by atoms with Gasteiger partial charge in [0.25, 0.3) is 0 Å². The van der Waals surface area contributed by atoms with Crippen molar-refractivity contribution >= 4 is 70.9 Å². The summed E-state index contributed by atoms with van der Waals surface area (Å²) in [6.45, 7) is 11.1. The molecule has 3 aliphatic heterocycles. The van der Waals surface area contributed by atoms with Crippen LogP contribution in [0, 0.1) is 46.8 Å². The van der Waals surface area contributed by atoms with Crippen LogP contribution in [0.1, 0.15) is 190 Å². The van der Waals surface area contributed by atoms with E-state index in [0.717, 1.165) is 24.5 Å². The van der Waals surface area contributed by atoms with E-state index in [1.54, 1.807) is 32.9 Å². The van der Waals surface area contributed by atoms with Crippen molar-refractivity contribution in [2.75, 3.05) is 102 Å². The number of amides is 12. The molecule has 3 N–H and O–H groups in total. The molecule has 7 rings (SSSR count). The molecule has 2 saturated heterocycles. The molecule has 7 aliphatic rings. The number of nitrogens with one attached hydrogen (secondary N) is 3. The normalized spacial score (nSPS) is 31.4. The van der Waals surface area contributed by atoms with Gasteiger partial charge in [-0.2, -0.15) is 26.3 Å². The molecule has 6 fully saturated rings. The molecule has 0 aromatic rings. The summed E-state index contributed by atoms with van der Waals surface area (Å²) in [5.74, 6) is -14.6. The Kier molecular flexibility index (Phi) is 31.6. The van der Waals surface area contributed by atoms with Crippen molar-refractivity contribution in [2.45, 2.75) is 262 Å². The summed E-state index contributed by atoms with van der Waals surface area (Å²) >= 11 is 0. The lowest BCUT2D eigenvalue weighted by Crippen LogP contribution is -2.71. The van der Waals surface area contributed by atoms with Gasteiger partial charge in [-0.25, -0.2) is 0 Å². The number of hydrogen-bond acceptors (Lipinski definition) is 14. The number of methoxy groups -OCH3 is 1. The van der Waals surface area contributed by atoms with Crippen molar-refractivity contribution < 1.29 is 93.4 Å². The van der Waals surface area contributed by atoms with Gasteiger partial charge < -0.3 is 69.5 Å². The van der Waals surface area contributed by atoms with Crippen LogP contribution in [0.2, 0.25) is 0 Å². The van der Waals surface area contributed by atoms with Crippen molar-refractivity contribution in [3.05, 3.63) is 12.2 Å². The van der Waals surface area contributed by atoms with Gasteiger partial charge in [0.05, 0.1) is 44.1 Å². The summed E-state index contributed by atoms with van der Waals surface area (Å²) in [6, 6.07) is -11.0. The zero-order valence-electron chi connectivity index (χ0n) is 67.4. The number of nitrogens with zero attached hydrogens (tertiary/aromatic N) is 9. The van der Waals surface area contributed by atoms with E-state index in [1.807, 2.05) is 27.7 Å². The first-order chi connectivity index (χ1) is 51.5. The van der Waals surface area contributed by atoms with E-state index in [0.29, 0.717) is 38.5 Å². The van der Waals surface area contributed by atoms with Gasteiger partial charge in [-0.15, -0.1) is 0 Å². The number of carbonyl (C=O) groups excluding carboxylic acids is 12. The van der Waals surface area contributed by atoms with E-state index in [2.05, 4.69) is 16.0 Å². The van der Waals surface area contributed by atoms with E-state index < -0.39 is 204 Å². The van der Waals surface area contributed by atoms with Crippen LogP contribution in [0.5, 0.6) is 0 Å². The molecule has 12 amide bonds. The highest BCUT2D eigenvalue weighted by Gasteiger charge is 2.60. The van der Waals surface area contributed by atoms with E-state index >= 15 is 33.6 Å². The van der Waals surface area contributed by atoms with Crippen molar-refractivity contribution in [3.8, 4) is 0 Å². The number of hydrogen-bond donors (Lipinski definition) is 3. The predicted molar refractivity (Wildman–Crippen MR) is 396 cm³/mol. The first-order valence-electron chi connectivity index (χ1n) is 39.8. The molecule has 3 heterocycles. The van der Waals surface area contributed by atoms with Gasteiger partial charge in [0.1, 0.15) is 53.9 Å². The first kappa shape index (κ1) is 90.1. The van der Waals surface area contributed by atoms with Crippen molar-refractivity contribution in [3.63, 3.8) is 0 Å². The molecule has 13 atom stereocenters. The molecule has 4 saturated carbocycles. The Bertz CT molecular complexity index is 3280. The van der Waals surface area contributed by atoms with Crippen LogP contribution in [0.4, 0.5) is 26.3 Å². The minimum Gasteiger partial charge on any atom is -0.381 e. The Hall–Kier alpha value is -7.12. The first-order valence-corrected chi connectivity index (χ1v) is 39.8. The van der Waals surface area contributed by atoms with Gasteiger partial charge in [0.2, 0.25) is 70.9 Å². The highest BCUT2D eigenvalue weighted by atomic mass is 19.4.